The number of rotatable bonds is 3. The minimum atomic E-state index is -0.537. The van der Waals surface area contributed by atoms with Gasteiger partial charge >= 0.3 is 0 Å². The number of benzene rings is 2. The largest absolute Gasteiger partial charge is 0.318 e. The molecule has 4 rings (SSSR count). The van der Waals surface area contributed by atoms with E-state index < -0.39 is 11.8 Å². The van der Waals surface area contributed by atoms with Crippen LogP contribution < -0.4 is 10.2 Å². The molecule has 0 aliphatic carbocycles. The van der Waals surface area contributed by atoms with Crippen molar-refractivity contribution in [2.75, 3.05) is 4.90 Å². The molecule has 31 heavy (non-hydrogen) atoms. The Hall–Kier alpha value is -3.58. The average molecular weight is 434 g/mol. The van der Waals surface area contributed by atoms with E-state index in [1.54, 1.807) is 30.3 Å². The molecule has 1 aliphatic heterocycles. The number of carbonyl (C=O) groups is 2. The average Bonchev–Trinajstić information content (AvgIpc) is 3.00. The molecule has 2 aromatic carbocycles. The number of aromatic nitrogens is 1. The van der Waals surface area contributed by atoms with Crippen LogP contribution in [0.5, 0.6) is 0 Å². The normalized spacial score (nSPS) is 15.5. The Kier molecular flexibility index (Phi) is 5.29. The van der Waals surface area contributed by atoms with Gasteiger partial charge in [0, 0.05) is 17.1 Å². The lowest BCUT2D eigenvalue weighted by molar-refractivity contribution is -0.122. The molecule has 0 spiro atoms. The van der Waals surface area contributed by atoms with E-state index in [2.05, 4.69) is 5.32 Å². The van der Waals surface area contributed by atoms with Crippen LogP contribution in [-0.2, 0) is 9.59 Å². The van der Waals surface area contributed by atoms with Gasteiger partial charge in [-0.2, -0.15) is 0 Å². The molecular formula is C24H20FN3O2S. The second-order valence-electron chi connectivity index (χ2n) is 7.43. The van der Waals surface area contributed by atoms with Gasteiger partial charge in [-0.05, 0) is 87.1 Å². The summed E-state index contributed by atoms with van der Waals surface area (Å²) in [4.78, 5) is 27.1. The first-order chi connectivity index (χ1) is 14.8. The highest BCUT2D eigenvalue weighted by molar-refractivity contribution is 7.80. The number of hydrogen-bond acceptors (Lipinski definition) is 3. The summed E-state index contributed by atoms with van der Waals surface area (Å²) in [5, 5.41) is 2.65. The summed E-state index contributed by atoms with van der Waals surface area (Å²) in [5.41, 5.74) is 4.86. The Morgan fingerprint density at radius 1 is 0.935 bits per heavy atom. The van der Waals surface area contributed by atoms with Gasteiger partial charge in [0.15, 0.2) is 5.11 Å². The van der Waals surface area contributed by atoms with Crippen LogP contribution in [0.1, 0.15) is 22.5 Å². The summed E-state index contributed by atoms with van der Waals surface area (Å²) < 4.78 is 15.3. The van der Waals surface area contributed by atoms with Crippen LogP contribution in [0.2, 0.25) is 0 Å². The molecule has 1 aromatic heterocycles. The number of amides is 2. The molecular weight excluding hydrogens is 413 g/mol. The predicted octanol–water partition coefficient (Wildman–Crippen LogP) is 4.37. The molecule has 2 amide bonds. The van der Waals surface area contributed by atoms with Gasteiger partial charge < -0.3 is 4.57 Å². The number of anilines is 1. The molecule has 1 fully saturated rings. The van der Waals surface area contributed by atoms with Crippen LogP contribution in [0.4, 0.5) is 10.1 Å². The molecule has 156 valence electrons. The Morgan fingerprint density at radius 3 is 2.19 bits per heavy atom. The number of hydrogen-bond donors (Lipinski definition) is 1. The SMILES string of the molecule is Cc1ccc(N2C(=O)/C(=C/c3cc(C)n(-c4ccc(F)cc4)c3C)C(=O)NC2=S)cc1. The zero-order valence-electron chi connectivity index (χ0n) is 17.3. The van der Waals surface area contributed by atoms with Crippen LogP contribution in [0.25, 0.3) is 11.8 Å². The van der Waals surface area contributed by atoms with Crippen molar-refractivity contribution in [1.82, 2.24) is 9.88 Å². The highest BCUT2D eigenvalue weighted by Gasteiger charge is 2.34. The molecule has 7 heteroatoms. The maximum absolute atomic E-state index is 13.3. The molecule has 1 saturated heterocycles. The summed E-state index contributed by atoms with van der Waals surface area (Å²) in [7, 11) is 0. The van der Waals surface area contributed by atoms with Crippen LogP contribution in [0.3, 0.4) is 0 Å². The van der Waals surface area contributed by atoms with Gasteiger partial charge in [-0.25, -0.2) is 4.39 Å². The second kappa shape index (κ2) is 7.92. The van der Waals surface area contributed by atoms with Crippen molar-refractivity contribution in [2.24, 2.45) is 0 Å². The maximum Gasteiger partial charge on any atom is 0.270 e. The van der Waals surface area contributed by atoms with Gasteiger partial charge in [-0.3, -0.25) is 19.8 Å². The maximum atomic E-state index is 13.3. The highest BCUT2D eigenvalue weighted by Crippen LogP contribution is 2.26. The van der Waals surface area contributed by atoms with Crippen molar-refractivity contribution in [3.63, 3.8) is 0 Å². The lowest BCUT2D eigenvalue weighted by Gasteiger charge is -2.29. The van der Waals surface area contributed by atoms with E-state index in [0.717, 1.165) is 28.2 Å². The van der Waals surface area contributed by atoms with Crippen molar-refractivity contribution in [3.8, 4) is 5.69 Å². The van der Waals surface area contributed by atoms with E-state index in [9.17, 15) is 14.0 Å². The fourth-order valence-corrected chi connectivity index (χ4v) is 3.94. The van der Waals surface area contributed by atoms with Crippen LogP contribution in [0.15, 0.2) is 60.2 Å². The highest BCUT2D eigenvalue weighted by atomic mass is 32.1. The first-order valence-electron chi connectivity index (χ1n) is 9.69. The number of nitrogens with zero attached hydrogens (tertiary/aromatic N) is 2. The van der Waals surface area contributed by atoms with Gasteiger partial charge in [0.1, 0.15) is 11.4 Å². The fraction of sp³-hybridized carbons (Fsp3) is 0.125. The molecule has 0 unspecified atom stereocenters. The molecule has 5 nitrogen and oxygen atoms in total. The summed E-state index contributed by atoms with van der Waals surface area (Å²) in [5.74, 6) is -1.33. The third-order valence-corrected chi connectivity index (χ3v) is 5.53. The number of nitrogens with one attached hydrogen (secondary N) is 1. The van der Waals surface area contributed by atoms with Crippen LogP contribution >= 0.6 is 12.2 Å². The Balaban J connectivity index is 1.75. The summed E-state index contributed by atoms with van der Waals surface area (Å²) in [6.45, 7) is 5.75. The fourth-order valence-electron chi connectivity index (χ4n) is 3.66. The Labute approximate surface area is 184 Å². The zero-order chi connectivity index (χ0) is 22.3. The second-order valence-corrected chi connectivity index (χ2v) is 7.82. The van der Waals surface area contributed by atoms with Crippen molar-refractivity contribution in [1.29, 1.82) is 0 Å². The molecule has 2 heterocycles. The predicted molar refractivity (Wildman–Crippen MR) is 123 cm³/mol. The van der Waals surface area contributed by atoms with Crippen LogP contribution in [-0.4, -0.2) is 21.5 Å². The molecule has 0 saturated carbocycles. The third-order valence-electron chi connectivity index (χ3n) is 5.25. The molecule has 0 bridgehead atoms. The van der Waals surface area contributed by atoms with E-state index in [1.807, 2.05) is 43.5 Å². The molecule has 0 radical (unpaired) electrons. The van der Waals surface area contributed by atoms with E-state index in [4.69, 9.17) is 12.2 Å². The first-order valence-corrected chi connectivity index (χ1v) is 10.1. The summed E-state index contributed by atoms with van der Waals surface area (Å²) in [6, 6.07) is 15.4. The van der Waals surface area contributed by atoms with Crippen molar-refractivity contribution < 1.29 is 14.0 Å². The van der Waals surface area contributed by atoms with Crippen LogP contribution in [0, 0.1) is 26.6 Å². The van der Waals surface area contributed by atoms with Gasteiger partial charge in [-0.15, -0.1) is 0 Å². The lowest BCUT2D eigenvalue weighted by atomic mass is 10.1. The summed E-state index contributed by atoms with van der Waals surface area (Å²) in [6.07, 6.45) is 1.57. The zero-order valence-corrected chi connectivity index (χ0v) is 18.1. The number of halogens is 1. The van der Waals surface area contributed by atoms with Gasteiger partial charge in [0.2, 0.25) is 0 Å². The van der Waals surface area contributed by atoms with Crippen molar-refractivity contribution >= 4 is 40.9 Å². The minimum absolute atomic E-state index is 0.00599. The molecule has 0 atom stereocenters. The van der Waals surface area contributed by atoms with Gasteiger partial charge in [0.05, 0.1) is 5.69 Å². The van der Waals surface area contributed by atoms with E-state index in [-0.39, 0.29) is 16.5 Å². The lowest BCUT2D eigenvalue weighted by Crippen LogP contribution is -2.54. The topological polar surface area (TPSA) is 54.3 Å². The monoisotopic (exact) mass is 433 g/mol. The minimum Gasteiger partial charge on any atom is -0.318 e. The smallest absolute Gasteiger partial charge is 0.270 e. The van der Waals surface area contributed by atoms with E-state index in [0.29, 0.717) is 5.69 Å². The number of aryl methyl sites for hydroxylation is 2. The standard InChI is InChI=1S/C24H20FN3O2S/c1-14-4-8-20(9-5-14)28-23(30)21(22(29)26-24(28)31)13-17-12-15(2)27(16(17)3)19-10-6-18(25)7-11-19/h4-13H,1-3H3,(H,26,29,31)/b21-13+. The number of carbonyl (C=O) groups excluding carboxylic acids is 2. The van der Waals surface area contributed by atoms with E-state index >= 15 is 0 Å². The summed E-state index contributed by atoms with van der Waals surface area (Å²) >= 11 is 5.25. The van der Waals surface area contributed by atoms with Gasteiger partial charge in [0.25, 0.3) is 11.8 Å². The molecule has 1 N–H and O–H groups in total. The number of thiocarbonyl (C=S) groups is 1. The third kappa shape index (κ3) is 3.80. The van der Waals surface area contributed by atoms with Gasteiger partial charge in [-0.1, -0.05) is 17.7 Å². The Bertz CT molecular complexity index is 1240. The van der Waals surface area contributed by atoms with Crippen molar-refractivity contribution in [3.05, 3.63) is 88.5 Å². The first kappa shape index (κ1) is 20.7. The van der Waals surface area contributed by atoms with E-state index in [1.165, 1.54) is 17.0 Å². The van der Waals surface area contributed by atoms with Crippen molar-refractivity contribution in [2.45, 2.75) is 20.8 Å². The molecule has 3 aromatic rings. The Morgan fingerprint density at radius 2 is 1.55 bits per heavy atom. The molecule has 1 aliphatic rings. The quantitative estimate of drug-likeness (QED) is 0.379.